The number of benzene rings is 2. The highest BCUT2D eigenvalue weighted by Crippen LogP contribution is 2.22. The Labute approximate surface area is 153 Å². The average Bonchev–Trinajstić information content (AvgIpc) is 3.04. The Morgan fingerprint density at radius 1 is 1.08 bits per heavy atom. The first-order chi connectivity index (χ1) is 12.6. The van der Waals surface area contributed by atoms with Crippen LogP contribution in [0.25, 0.3) is 11.0 Å². The van der Waals surface area contributed by atoms with Crippen LogP contribution in [0.1, 0.15) is 11.1 Å². The smallest absolute Gasteiger partial charge is 0.245 e. The molecule has 1 aromatic heterocycles. The zero-order valence-electron chi connectivity index (χ0n) is 15.2. The van der Waals surface area contributed by atoms with E-state index in [1.165, 1.54) is 15.9 Å². The molecular formula is C20H23N5O. The maximum absolute atomic E-state index is 12.6. The Balaban J connectivity index is 1.41. The van der Waals surface area contributed by atoms with E-state index in [0.29, 0.717) is 12.6 Å². The minimum Gasteiger partial charge on any atom is -0.343 e. The maximum atomic E-state index is 12.6. The van der Waals surface area contributed by atoms with E-state index in [1.807, 2.05) is 31.3 Å². The minimum absolute atomic E-state index is 0.0255. The van der Waals surface area contributed by atoms with Gasteiger partial charge in [0.05, 0.1) is 0 Å². The van der Waals surface area contributed by atoms with Crippen LogP contribution in [0, 0.1) is 0 Å². The Hall–Kier alpha value is -2.73. The summed E-state index contributed by atoms with van der Waals surface area (Å²) in [5, 5.41) is 8.75. The molecular weight excluding hydrogens is 326 g/mol. The fourth-order valence-corrected chi connectivity index (χ4v) is 3.56. The Bertz CT molecular complexity index is 902. The van der Waals surface area contributed by atoms with E-state index >= 15 is 0 Å². The zero-order chi connectivity index (χ0) is 18.1. The van der Waals surface area contributed by atoms with Gasteiger partial charge in [-0.05, 0) is 36.7 Å². The van der Waals surface area contributed by atoms with Gasteiger partial charge in [-0.1, -0.05) is 36.4 Å². The van der Waals surface area contributed by atoms with Crippen molar-refractivity contribution in [3.8, 4) is 0 Å². The van der Waals surface area contributed by atoms with Gasteiger partial charge in [0, 0.05) is 26.2 Å². The van der Waals surface area contributed by atoms with Gasteiger partial charge in [0.15, 0.2) is 0 Å². The van der Waals surface area contributed by atoms with Crippen LogP contribution in [0.4, 0.5) is 0 Å². The quantitative estimate of drug-likeness (QED) is 0.722. The third-order valence-corrected chi connectivity index (χ3v) is 5.13. The first-order valence-corrected chi connectivity index (χ1v) is 8.91. The molecule has 2 aromatic carbocycles. The summed E-state index contributed by atoms with van der Waals surface area (Å²) in [6.07, 6.45) is 0.966. The summed E-state index contributed by atoms with van der Waals surface area (Å²) in [6.45, 7) is 1.79. The molecule has 0 saturated carbocycles. The predicted octanol–water partition coefficient (Wildman–Crippen LogP) is 1.95. The van der Waals surface area contributed by atoms with Crippen molar-refractivity contribution in [2.75, 3.05) is 20.6 Å². The van der Waals surface area contributed by atoms with Crippen molar-refractivity contribution in [3.63, 3.8) is 0 Å². The van der Waals surface area contributed by atoms with Crippen molar-refractivity contribution in [1.82, 2.24) is 24.8 Å². The Kier molecular flexibility index (Phi) is 4.42. The molecule has 6 nitrogen and oxygen atoms in total. The number of nitrogens with zero attached hydrogens (tertiary/aromatic N) is 5. The molecule has 0 bridgehead atoms. The van der Waals surface area contributed by atoms with Crippen LogP contribution in [0.15, 0.2) is 48.5 Å². The van der Waals surface area contributed by atoms with Crippen LogP contribution in [0.5, 0.6) is 0 Å². The van der Waals surface area contributed by atoms with Crippen LogP contribution in [0.3, 0.4) is 0 Å². The molecule has 1 atom stereocenters. The lowest BCUT2D eigenvalue weighted by atomic mass is 9.94. The molecule has 0 saturated heterocycles. The van der Waals surface area contributed by atoms with E-state index < -0.39 is 0 Å². The molecule has 134 valence electrons. The Morgan fingerprint density at radius 3 is 2.38 bits per heavy atom. The summed E-state index contributed by atoms with van der Waals surface area (Å²) in [5.74, 6) is 0.0255. The average molecular weight is 349 g/mol. The van der Waals surface area contributed by atoms with Gasteiger partial charge >= 0.3 is 0 Å². The predicted molar refractivity (Wildman–Crippen MR) is 101 cm³/mol. The fourth-order valence-electron chi connectivity index (χ4n) is 3.56. The first kappa shape index (κ1) is 16.7. The number of likely N-dealkylation sites (N-methyl/N-ethyl adjacent to an activating group) is 2. The van der Waals surface area contributed by atoms with Crippen LogP contribution < -0.4 is 0 Å². The molecule has 0 fully saturated rings. The van der Waals surface area contributed by atoms with Gasteiger partial charge in [-0.3, -0.25) is 9.69 Å². The summed E-state index contributed by atoms with van der Waals surface area (Å²) < 4.78 is 0. The lowest BCUT2D eigenvalue weighted by Crippen LogP contribution is -2.46. The van der Waals surface area contributed by atoms with Crippen molar-refractivity contribution in [3.05, 3.63) is 59.7 Å². The number of hydrogen-bond donors (Lipinski definition) is 0. The molecule has 0 aliphatic carbocycles. The molecule has 26 heavy (non-hydrogen) atoms. The molecule has 0 spiro atoms. The molecule has 1 amide bonds. The number of aromatic nitrogens is 3. The van der Waals surface area contributed by atoms with E-state index in [-0.39, 0.29) is 12.5 Å². The molecule has 1 aliphatic heterocycles. The van der Waals surface area contributed by atoms with Crippen LogP contribution >= 0.6 is 0 Å². The highest BCUT2D eigenvalue weighted by atomic mass is 16.2. The van der Waals surface area contributed by atoms with Gasteiger partial charge in [-0.15, -0.1) is 0 Å². The second-order valence-electron chi connectivity index (χ2n) is 7.04. The van der Waals surface area contributed by atoms with Gasteiger partial charge in [-0.2, -0.15) is 15.0 Å². The van der Waals surface area contributed by atoms with E-state index in [2.05, 4.69) is 46.4 Å². The zero-order valence-corrected chi connectivity index (χ0v) is 15.2. The summed E-state index contributed by atoms with van der Waals surface area (Å²) in [5.41, 5.74) is 4.39. The largest absolute Gasteiger partial charge is 0.343 e. The van der Waals surface area contributed by atoms with Crippen LogP contribution in [-0.2, 0) is 24.3 Å². The Morgan fingerprint density at radius 2 is 1.69 bits per heavy atom. The van der Waals surface area contributed by atoms with Crippen LogP contribution in [0.2, 0.25) is 0 Å². The molecule has 3 aromatic rings. The lowest BCUT2D eigenvalue weighted by molar-refractivity contribution is -0.131. The lowest BCUT2D eigenvalue weighted by Gasteiger charge is -2.36. The van der Waals surface area contributed by atoms with Gasteiger partial charge in [0.1, 0.15) is 17.6 Å². The fraction of sp³-hybridized carbons (Fsp3) is 0.350. The van der Waals surface area contributed by atoms with Crippen LogP contribution in [-0.4, -0.2) is 57.4 Å². The number of fused-ring (bicyclic) bond motifs is 2. The summed E-state index contributed by atoms with van der Waals surface area (Å²) in [7, 11) is 3.99. The van der Waals surface area contributed by atoms with Crippen molar-refractivity contribution in [2.24, 2.45) is 0 Å². The number of amides is 1. The van der Waals surface area contributed by atoms with E-state index in [9.17, 15) is 4.79 Å². The molecule has 1 aliphatic rings. The van der Waals surface area contributed by atoms with Crippen molar-refractivity contribution in [2.45, 2.75) is 25.6 Å². The maximum Gasteiger partial charge on any atom is 0.245 e. The van der Waals surface area contributed by atoms with Crippen molar-refractivity contribution >= 4 is 16.9 Å². The van der Waals surface area contributed by atoms with Crippen molar-refractivity contribution in [1.29, 1.82) is 0 Å². The topological polar surface area (TPSA) is 54.3 Å². The van der Waals surface area contributed by atoms with E-state index in [1.54, 1.807) is 4.90 Å². The SMILES string of the molecule is CN(C[C@@H]1Cc2ccccc2CN1C)C(=O)Cn1nc2ccccc2n1. The number of rotatable bonds is 4. The monoisotopic (exact) mass is 349 g/mol. The molecule has 2 heterocycles. The minimum atomic E-state index is 0.0255. The van der Waals surface area contributed by atoms with Crippen molar-refractivity contribution < 1.29 is 4.79 Å². The number of hydrogen-bond acceptors (Lipinski definition) is 4. The van der Waals surface area contributed by atoms with E-state index in [0.717, 1.165) is 24.0 Å². The third kappa shape index (κ3) is 3.32. The normalized spacial score (nSPS) is 17.2. The molecule has 4 rings (SSSR count). The highest BCUT2D eigenvalue weighted by Gasteiger charge is 2.25. The number of carbonyl (C=O) groups is 1. The highest BCUT2D eigenvalue weighted by molar-refractivity contribution is 5.77. The first-order valence-electron chi connectivity index (χ1n) is 8.91. The van der Waals surface area contributed by atoms with Gasteiger partial charge in [-0.25, -0.2) is 0 Å². The standard InChI is InChI=1S/C20H23N5O/c1-23-12-16-8-4-3-7-15(16)11-17(23)13-24(2)20(26)14-25-21-18-9-5-6-10-19(18)22-25/h3-10,17H,11-14H2,1-2H3/t17-/m0/s1. The molecule has 0 radical (unpaired) electrons. The van der Waals surface area contributed by atoms with Gasteiger partial charge in [0.2, 0.25) is 5.91 Å². The third-order valence-electron chi connectivity index (χ3n) is 5.13. The van der Waals surface area contributed by atoms with Gasteiger partial charge in [0.25, 0.3) is 0 Å². The molecule has 0 N–H and O–H groups in total. The van der Waals surface area contributed by atoms with Gasteiger partial charge < -0.3 is 4.90 Å². The summed E-state index contributed by atoms with van der Waals surface area (Å²) >= 11 is 0. The second-order valence-corrected chi connectivity index (χ2v) is 7.04. The summed E-state index contributed by atoms with van der Waals surface area (Å²) in [6, 6.07) is 16.5. The van der Waals surface area contributed by atoms with E-state index in [4.69, 9.17) is 0 Å². The molecule has 0 unspecified atom stereocenters. The molecule has 6 heteroatoms. The second kappa shape index (κ2) is 6.88. The summed E-state index contributed by atoms with van der Waals surface area (Å²) in [4.78, 5) is 18.2. The number of carbonyl (C=O) groups excluding carboxylic acids is 1.